The lowest BCUT2D eigenvalue weighted by Crippen LogP contribution is -2.04. The van der Waals surface area contributed by atoms with Gasteiger partial charge in [-0.05, 0) is 30.9 Å². The van der Waals surface area contributed by atoms with E-state index in [2.05, 4.69) is 19.2 Å². The van der Waals surface area contributed by atoms with Crippen LogP contribution in [-0.2, 0) is 0 Å². The fourth-order valence-electron chi connectivity index (χ4n) is 1.34. The zero-order chi connectivity index (χ0) is 10.4. The molecule has 0 spiro atoms. The number of halogens is 1. The van der Waals surface area contributed by atoms with E-state index in [1.807, 2.05) is 6.07 Å². The van der Waals surface area contributed by atoms with Gasteiger partial charge in [-0.1, -0.05) is 26.0 Å². The number of benzene rings is 1. The quantitative estimate of drug-likeness (QED) is 0.707. The molecule has 78 valence electrons. The van der Waals surface area contributed by atoms with E-state index in [1.165, 1.54) is 12.5 Å². The summed E-state index contributed by atoms with van der Waals surface area (Å²) in [5.74, 6) is 0.550. The van der Waals surface area contributed by atoms with Crippen LogP contribution in [0.2, 0.25) is 0 Å². The topological polar surface area (TPSA) is 12.0 Å². The Labute approximate surface area is 85.3 Å². The number of rotatable bonds is 5. The first-order valence-electron chi connectivity index (χ1n) is 5.18. The van der Waals surface area contributed by atoms with Crippen molar-refractivity contribution in [2.24, 2.45) is 5.92 Å². The summed E-state index contributed by atoms with van der Waals surface area (Å²) >= 11 is 0. The molecule has 2 heteroatoms. The lowest BCUT2D eigenvalue weighted by atomic mass is 10.1. The van der Waals surface area contributed by atoms with Gasteiger partial charge >= 0.3 is 0 Å². The van der Waals surface area contributed by atoms with E-state index in [1.54, 1.807) is 12.1 Å². The van der Waals surface area contributed by atoms with Gasteiger partial charge in [-0.3, -0.25) is 0 Å². The predicted molar refractivity (Wildman–Crippen MR) is 59.0 cm³/mol. The Kier molecular flexibility index (Phi) is 4.44. The predicted octanol–water partition coefficient (Wildman–Crippen LogP) is 3.67. The Bertz CT molecular complexity index is 271. The molecule has 0 saturated heterocycles. The highest BCUT2D eigenvalue weighted by Gasteiger charge is 1.99. The Hall–Kier alpha value is -1.05. The molecule has 1 aromatic rings. The van der Waals surface area contributed by atoms with Crippen LogP contribution in [-0.4, -0.2) is 6.54 Å². The third kappa shape index (κ3) is 3.77. The van der Waals surface area contributed by atoms with Gasteiger partial charge in [0.15, 0.2) is 0 Å². The van der Waals surface area contributed by atoms with Gasteiger partial charge in [-0.25, -0.2) is 4.39 Å². The van der Waals surface area contributed by atoms with Crippen molar-refractivity contribution >= 4 is 5.69 Å². The molecule has 0 saturated carbocycles. The highest BCUT2D eigenvalue weighted by atomic mass is 19.1. The molecule has 0 amide bonds. The second-order valence-corrected chi connectivity index (χ2v) is 3.94. The van der Waals surface area contributed by atoms with Gasteiger partial charge in [0.1, 0.15) is 5.82 Å². The van der Waals surface area contributed by atoms with Gasteiger partial charge in [0, 0.05) is 6.54 Å². The fourth-order valence-corrected chi connectivity index (χ4v) is 1.34. The molecule has 0 atom stereocenters. The molecule has 1 aromatic carbocycles. The van der Waals surface area contributed by atoms with Crippen LogP contribution in [0.5, 0.6) is 0 Å². The van der Waals surface area contributed by atoms with E-state index in [-0.39, 0.29) is 5.82 Å². The maximum Gasteiger partial charge on any atom is 0.146 e. The molecule has 14 heavy (non-hydrogen) atoms. The molecule has 1 nitrogen and oxygen atoms in total. The van der Waals surface area contributed by atoms with Crippen molar-refractivity contribution in [3.63, 3.8) is 0 Å². The van der Waals surface area contributed by atoms with Crippen molar-refractivity contribution in [3.8, 4) is 0 Å². The summed E-state index contributed by atoms with van der Waals surface area (Å²) in [6, 6.07) is 6.79. The second kappa shape index (κ2) is 5.63. The average molecular weight is 195 g/mol. The molecule has 0 fully saturated rings. The van der Waals surface area contributed by atoms with E-state index >= 15 is 0 Å². The summed E-state index contributed by atoms with van der Waals surface area (Å²) in [7, 11) is 0. The summed E-state index contributed by atoms with van der Waals surface area (Å²) in [4.78, 5) is 0. The zero-order valence-corrected chi connectivity index (χ0v) is 8.89. The summed E-state index contributed by atoms with van der Waals surface area (Å²) in [6.45, 7) is 5.24. The van der Waals surface area contributed by atoms with E-state index in [0.29, 0.717) is 5.69 Å². The Balaban J connectivity index is 2.28. The number of nitrogens with one attached hydrogen (secondary N) is 1. The maximum absolute atomic E-state index is 13.1. The summed E-state index contributed by atoms with van der Waals surface area (Å²) < 4.78 is 13.1. The van der Waals surface area contributed by atoms with Crippen molar-refractivity contribution in [2.45, 2.75) is 26.7 Å². The molecule has 0 unspecified atom stereocenters. The molecule has 1 rings (SSSR count). The van der Waals surface area contributed by atoms with Crippen molar-refractivity contribution in [1.29, 1.82) is 0 Å². The van der Waals surface area contributed by atoms with Crippen LogP contribution in [0.25, 0.3) is 0 Å². The largest absolute Gasteiger partial charge is 0.383 e. The van der Waals surface area contributed by atoms with Crippen LogP contribution < -0.4 is 5.32 Å². The van der Waals surface area contributed by atoms with E-state index < -0.39 is 0 Å². The van der Waals surface area contributed by atoms with Gasteiger partial charge in [0.2, 0.25) is 0 Å². The molecule has 0 radical (unpaired) electrons. The SMILES string of the molecule is CC(C)CCCNc1ccccc1F. The standard InChI is InChI=1S/C12H18FN/c1-10(2)6-5-9-14-12-8-4-3-7-11(12)13/h3-4,7-8,10,14H,5-6,9H2,1-2H3. The lowest BCUT2D eigenvalue weighted by molar-refractivity contribution is 0.565. The summed E-state index contributed by atoms with van der Waals surface area (Å²) in [5, 5.41) is 3.09. The second-order valence-electron chi connectivity index (χ2n) is 3.94. The molecule has 0 aliphatic heterocycles. The molecule has 0 bridgehead atoms. The number of hydrogen-bond donors (Lipinski definition) is 1. The fraction of sp³-hybridized carbons (Fsp3) is 0.500. The first kappa shape index (κ1) is 11.0. The normalized spacial score (nSPS) is 10.6. The lowest BCUT2D eigenvalue weighted by Gasteiger charge is -2.08. The number of para-hydroxylation sites is 1. The third-order valence-electron chi connectivity index (χ3n) is 2.15. The van der Waals surface area contributed by atoms with Crippen molar-refractivity contribution in [1.82, 2.24) is 0 Å². The monoisotopic (exact) mass is 195 g/mol. The van der Waals surface area contributed by atoms with Crippen LogP contribution in [0, 0.1) is 11.7 Å². The van der Waals surface area contributed by atoms with Gasteiger partial charge in [-0.15, -0.1) is 0 Å². The van der Waals surface area contributed by atoms with Crippen molar-refractivity contribution in [2.75, 3.05) is 11.9 Å². The van der Waals surface area contributed by atoms with Crippen LogP contribution in [0.15, 0.2) is 24.3 Å². The van der Waals surface area contributed by atoms with Crippen molar-refractivity contribution in [3.05, 3.63) is 30.1 Å². The Morgan fingerprint density at radius 3 is 2.64 bits per heavy atom. The zero-order valence-electron chi connectivity index (χ0n) is 8.89. The van der Waals surface area contributed by atoms with E-state index in [9.17, 15) is 4.39 Å². The van der Waals surface area contributed by atoms with Crippen molar-refractivity contribution < 1.29 is 4.39 Å². The highest BCUT2D eigenvalue weighted by molar-refractivity contribution is 5.44. The first-order valence-corrected chi connectivity index (χ1v) is 5.18. The van der Waals surface area contributed by atoms with Gasteiger partial charge in [0.25, 0.3) is 0 Å². The highest BCUT2D eigenvalue weighted by Crippen LogP contribution is 2.12. The van der Waals surface area contributed by atoms with Gasteiger partial charge < -0.3 is 5.32 Å². The number of anilines is 1. The molecule has 0 heterocycles. The minimum Gasteiger partial charge on any atom is -0.383 e. The van der Waals surface area contributed by atoms with Gasteiger partial charge in [-0.2, -0.15) is 0 Å². The molecular weight excluding hydrogens is 177 g/mol. The Morgan fingerprint density at radius 2 is 2.00 bits per heavy atom. The molecule has 1 N–H and O–H groups in total. The molecular formula is C12H18FN. The summed E-state index contributed by atoms with van der Waals surface area (Å²) in [5.41, 5.74) is 0.608. The smallest absolute Gasteiger partial charge is 0.146 e. The first-order chi connectivity index (χ1) is 6.70. The third-order valence-corrected chi connectivity index (χ3v) is 2.15. The molecule has 0 aliphatic carbocycles. The average Bonchev–Trinajstić information content (AvgIpc) is 2.15. The van der Waals surface area contributed by atoms with Crippen LogP contribution in [0.1, 0.15) is 26.7 Å². The maximum atomic E-state index is 13.1. The summed E-state index contributed by atoms with van der Waals surface area (Å²) in [6.07, 6.45) is 2.27. The van der Waals surface area contributed by atoms with Gasteiger partial charge in [0.05, 0.1) is 5.69 Å². The van der Waals surface area contributed by atoms with Crippen LogP contribution in [0.4, 0.5) is 10.1 Å². The molecule has 0 aromatic heterocycles. The van der Waals surface area contributed by atoms with E-state index in [4.69, 9.17) is 0 Å². The van der Waals surface area contributed by atoms with E-state index in [0.717, 1.165) is 18.9 Å². The minimum absolute atomic E-state index is 0.169. The van der Waals surface area contributed by atoms with Crippen LogP contribution in [0.3, 0.4) is 0 Å². The van der Waals surface area contributed by atoms with Crippen LogP contribution >= 0.6 is 0 Å². The minimum atomic E-state index is -0.169. The number of hydrogen-bond acceptors (Lipinski definition) is 1. The molecule has 0 aliphatic rings. The Morgan fingerprint density at radius 1 is 1.29 bits per heavy atom.